The quantitative estimate of drug-likeness (QED) is 0.200. The first kappa shape index (κ1) is 32.9. The molecule has 2 aliphatic heterocycles. The molecule has 4 unspecified atom stereocenters. The van der Waals surface area contributed by atoms with E-state index in [0.717, 1.165) is 18.7 Å². The fourth-order valence-electron chi connectivity index (χ4n) is 4.96. The van der Waals surface area contributed by atoms with Gasteiger partial charge in [-0.3, -0.25) is 24.1 Å². The molecule has 236 valence electrons. The minimum Gasteiger partial charge on any atom is -0.379 e. The second kappa shape index (κ2) is 15.1. The Kier molecular flexibility index (Phi) is 11.3. The van der Waals surface area contributed by atoms with Gasteiger partial charge in [0.2, 0.25) is 11.8 Å². The lowest BCUT2D eigenvalue weighted by molar-refractivity contribution is -0.133. The van der Waals surface area contributed by atoms with Gasteiger partial charge in [0.1, 0.15) is 17.7 Å². The number of nitrogens with one attached hydrogen (secondary N) is 3. The van der Waals surface area contributed by atoms with E-state index in [-0.39, 0.29) is 30.2 Å². The summed E-state index contributed by atoms with van der Waals surface area (Å²) in [6, 6.07) is 7.71. The van der Waals surface area contributed by atoms with E-state index < -0.39 is 41.4 Å². The maximum Gasteiger partial charge on any atom is 0.274 e. The van der Waals surface area contributed by atoms with Crippen molar-refractivity contribution in [3.63, 3.8) is 0 Å². The van der Waals surface area contributed by atoms with Crippen LogP contribution in [0, 0.1) is 18.3 Å². The van der Waals surface area contributed by atoms with Crippen LogP contribution in [-0.4, -0.2) is 90.2 Å². The van der Waals surface area contributed by atoms with Crippen LogP contribution in [0.3, 0.4) is 0 Å². The predicted molar refractivity (Wildman–Crippen MR) is 160 cm³/mol. The molecule has 12 nitrogen and oxygen atoms in total. The summed E-state index contributed by atoms with van der Waals surface area (Å²) < 4.78 is 16.0. The highest BCUT2D eigenvalue weighted by atomic mass is 16.6. The number of ketones is 1. The number of terminal acetylenes is 1. The molecule has 12 heteroatoms. The molecule has 4 atom stereocenters. The third-order valence-corrected chi connectivity index (χ3v) is 7.57. The van der Waals surface area contributed by atoms with Crippen molar-refractivity contribution in [2.24, 2.45) is 5.92 Å². The first-order chi connectivity index (χ1) is 21.1. The Balaban J connectivity index is 1.45. The van der Waals surface area contributed by atoms with Crippen molar-refractivity contribution in [2.75, 3.05) is 32.9 Å². The van der Waals surface area contributed by atoms with Crippen LogP contribution >= 0.6 is 0 Å². The van der Waals surface area contributed by atoms with Crippen molar-refractivity contribution in [2.45, 2.75) is 70.3 Å². The maximum atomic E-state index is 13.6. The van der Waals surface area contributed by atoms with Crippen molar-refractivity contribution in [1.82, 2.24) is 26.0 Å². The summed E-state index contributed by atoms with van der Waals surface area (Å²) in [6.45, 7) is 9.11. The summed E-state index contributed by atoms with van der Waals surface area (Å²) in [7, 11) is 0. The Morgan fingerprint density at radius 1 is 1.02 bits per heavy atom. The van der Waals surface area contributed by atoms with E-state index in [9.17, 15) is 19.2 Å². The summed E-state index contributed by atoms with van der Waals surface area (Å²) in [5.41, 5.74) is -0.117. The summed E-state index contributed by atoms with van der Waals surface area (Å²) >= 11 is 0. The molecule has 4 rings (SSSR count). The molecule has 0 spiro atoms. The summed E-state index contributed by atoms with van der Waals surface area (Å²) in [5.74, 6) is 1.02. The Bertz CT molecular complexity index is 1340. The molecule has 3 amide bonds. The number of hydrogen-bond acceptors (Lipinski definition) is 9. The molecule has 0 aliphatic carbocycles. The Labute approximate surface area is 257 Å². The second-order valence-corrected chi connectivity index (χ2v) is 11.8. The highest BCUT2D eigenvalue weighted by molar-refractivity contribution is 5.99. The topological polar surface area (TPSA) is 155 Å². The molecular formula is C32H41N5O7. The SMILES string of the molecule is C#CCC(NC(=O)c1cc(CN2CCOCC2)on1)C(=O)NC(Cc1ccccc1)C(=O)NC(CC(C)C)C(=O)C1(C)CO1. The molecule has 3 N–H and O–H groups in total. The van der Waals surface area contributed by atoms with E-state index >= 15 is 0 Å². The van der Waals surface area contributed by atoms with Gasteiger partial charge < -0.3 is 29.9 Å². The van der Waals surface area contributed by atoms with Gasteiger partial charge in [-0.15, -0.1) is 12.3 Å². The number of ether oxygens (including phenoxy) is 2. The van der Waals surface area contributed by atoms with Gasteiger partial charge in [0, 0.05) is 32.0 Å². The Hall–Kier alpha value is -4.05. The molecule has 2 fully saturated rings. The smallest absolute Gasteiger partial charge is 0.274 e. The van der Waals surface area contributed by atoms with Crippen molar-refractivity contribution < 1.29 is 33.2 Å². The van der Waals surface area contributed by atoms with E-state index in [0.29, 0.717) is 38.5 Å². The fourth-order valence-corrected chi connectivity index (χ4v) is 4.96. The minimum absolute atomic E-state index is 0.00693. The van der Waals surface area contributed by atoms with E-state index in [4.69, 9.17) is 20.4 Å². The van der Waals surface area contributed by atoms with E-state index in [1.54, 1.807) is 6.92 Å². The summed E-state index contributed by atoms with van der Waals surface area (Å²) in [6.07, 6.45) is 5.98. The lowest BCUT2D eigenvalue weighted by Gasteiger charge is -2.26. The average molecular weight is 608 g/mol. The van der Waals surface area contributed by atoms with E-state index in [2.05, 4.69) is 31.9 Å². The van der Waals surface area contributed by atoms with Crippen molar-refractivity contribution in [3.05, 3.63) is 53.4 Å². The van der Waals surface area contributed by atoms with Crippen LogP contribution < -0.4 is 16.0 Å². The van der Waals surface area contributed by atoms with Crippen LogP contribution in [0.25, 0.3) is 0 Å². The van der Waals surface area contributed by atoms with Crippen LogP contribution in [0.2, 0.25) is 0 Å². The van der Waals surface area contributed by atoms with Crippen LogP contribution in [0.5, 0.6) is 0 Å². The predicted octanol–water partition coefficient (Wildman–Crippen LogP) is 1.24. The normalized spacial score (nSPS) is 20.2. The number of hydrogen-bond donors (Lipinski definition) is 3. The molecule has 0 bridgehead atoms. The number of nitrogens with zero attached hydrogens (tertiary/aromatic N) is 2. The van der Waals surface area contributed by atoms with Gasteiger partial charge in [-0.2, -0.15) is 0 Å². The number of epoxide rings is 1. The molecule has 3 heterocycles. The zero-order valence-corrected chi connectivity index (χ0v) is 25.5. The molecule has 1 aromatic heterocycles. The zero-order chi connectivity index (χ0) is 31.7. The van der Waals surface area contributed by atoms with Crippen molar-refractivity contribution >= 4 is 23.5 Å². The van der Waals surface area contributed by atoms with Crippen LogP contribution in [0.4, 0.5) is 0 Å². The first-order valence-electron chi connectivity index (χ1n) is 14.9. The summed E-state index contributed by atoms with van der Waals surface area (Å²) in [5, 5.41) is 12.1. The molecule has 2 saturated heterocycles. The minimum atomic E-state index is -1.15. The molecule has 1 aromatic carbocycles. The summed E-state index contributed by atoms with van der Waals surface area (Å²) in [4.78, 5) is 55.4. The monoisotopic (exact) mass is 607 g/mol. The lowest BCUT2D eigenvalue weighted by Crippen LogP contribution is -2.57. The highest BCUT2D eigenvalue weighted by Crippen LogP contribution is 2.29. The first-order valence-corrected chi connectivity index (χ1v) is 14.9. The second-order valence-electron chi connectivity index (χ2n) is 11.8. The Morgan fingerprint density at radius 3 is 2.32 bits per heavy atom. The molecule has 2 aliphatic rings. The van der Waals surface area contributed by atoms with Gasteiger partial charge in [0.05, 0.1) is 32.4 Å². The van der Waals surface area contributed by atoms with Gasteiger partial charge >= 0.3 is 0 Å². The van der Waals surface area contributed by atoms with Gasteiger partial charge in [-0.1, -0.05) is 49.3 Å². The molecular weight excluding hydrogens is 566 g/mol. The number of morpholine rings is 1. The maximum absolute atomic E-state index is 13.6. The molecule has 44 heavy (non-hydrogen) atoms. The number of amides is 3. The van der Waals surface area contributed by atoms with Gasteiger partial charge in [-0.25, -0.2) is 0 Å². The third-order valence-electron chi connectivity index (χ3n) is 7.57. The number of carbonyl (C=O) groups is 4. The number of carbonyl (C=O) groups excluding carboxylic acids is 4. The number of rotatable bonds is 15. The van der Waals surface area contributed by atoms with Crippen LogP contribution in [0.1, 0.15) is 55.4 Å². The van der Waals surface area contributed by atoms with Gasteiger partial charge in [0.25, 0.3) is 5.91 Å². The van der Waals surface area contributed by atoms with Crippen LogP contribution in [-0.2, 0) is 36.8 Å². The molecule has 0 radical (unpaired) electrons. The van der Waals surface area contributed by atoms with Crippen molar-refractivity contribution in [1.29, 1.82) is 0 Å². The van der Waals surface area contributed by atoms with E-state index in [1.165, 1.54) is 6.07 Å². The fraction of sp³-hybridized carbons (Fsp3) is 0.531. The standard InChI is InChI=1S/C32H41N5O7/c1-5-9-24(33-31(41)27-18-23(44-36-27)19-37-12-14-42-15-13-37)29(39)35-26(17-22-10-7-6-8-11-22)30(40)34-25(16-21(2)3)28(38)32(4)20-43-32/h1,6-8,10-11,18,21,24-26H,9,12-17,19-20H2,2-4H3,(H,33,41)(H,34,40)(H,35,39). The van der Waals surface area contributed by atoms with Crippen LogP contribution in [0.15, 0.2) is 40.9 Å². The zero-order valence-electron chi connectivity index (χ0n) is 25.5. The van der Waals surface area contributed by atoms with E-state index in [1.807, 2.05) is 44.2 Å². The molecule has 2 aromatic rings. The Morgan fingerprint density at radius 2 is 1.68 bits per heavy atom. The number of Topliss-reactive ketones (excluding diaryl/α,β-unsaturated/α-hetero) is 1. The van der Waals surface area contributed by atoms with Gasteiger partial charge in [0.15, 0.2) is 17.2 Å². The lowest BCUT2D eigenvalue weighted by atomic mass is 9.93. The third kappa shape index (κ3) is 9.22. The van der Waals surface area contributed by atoms with Gasteiger partial charge in [-0.05, 0) is 24.8 Å². The number of aromatic nitrogens is 1. The largest absolute Gasteiger partial charge is 0.379 e. The number of benzene rings is 1. The average Bonchev–Trinajstić information content (AvgIpc) is 3.59. The molecule has 0 saturated carbocycles. The van der Waals surface area contributed by atoms with Crippen molar-refractivity contribution in [3.8, 4) is 12.3 Å². The highest BCUT2D eigenvalue weighted by Gasteiger charge is 2.50.